The Kier molecular flexibility index (Phi) is 7.32. The van der Waals surface area contributed by atoms with Gasteiger partial charge in [-0.15, -0.1) is 0 Å². The summed E-state index contributed by atoms with van der Waals surface area (Å²) in [6, 6.07) is 20.4. The molecule has 3 N–H and O–H groups in total. The van der Waals surface area contributed by atoms with Crippen molar-refractivity contribution in [1.29, 1.82) is 0 Å². The molecule has 2 aromatic carbocycles. The van der Waals surface area contributed by atoms with Crippen LogP contribution in [0.3, 0.4) is 0 Å². The first-order valence-corrected chi connectivity index (χ1v) is 8.06. The predicted molar refractivity (Wildman–Crippen MR) is 104 cm³/mol. The second-order valence-corrected chi connectivity index (χ2v) is 5.47. The van der Waals surface area contributed by atoms with E-state index in [1.165, 1.54) is 5.56 Å². The van der Waals surface area contributed by atoms with Crippen LogP contribution in [0.4, 0.5) is 0 Å². The molecule has 0 saturated heterocycles. The molecule has 0 radical (unpaired) electrons. The van der Waals surface area contributed by atoms with E-state index < -0.39 is 0 Å². The molecule has 0 aromatic heterocycles. The van der Waals surface area contributed by atoms with E-state index >= 15 is 0 Å². The molecular weight excluding hydrogens is 292 g/mol. The van der Waals surface area contributed by atoms with Gasteiger partial charge in [0.2, 0.25) is 0 Å². The maximum Gasteiger partial charge on any atom is 0.0520 e. The first-order chi connectivity index (χ1) is 11.8. The number of allylic oxidation sites excluding steroid dienone is 6. The zero-order chi connectivity index (χ0) is 17.0. The third kappa shape index (κ3) is 6.11. The van der Waals surface area contributed by atoms with Crippen LogP contribution in [0.2, 0.25) is 0 Å². The van der Waals surface area contributed by atoms with E-state index in [4.69, 9.17) is 5.84 Å². The zero-order valence-electron chi connectivity index (χ0n) is 13.9. The summed E-state index contributed by atoms with van der Waals surface area (Å²) in [5.74, 6) is 5.61. The zero-order valence-corrected chi connectivity index (χ0v) is 13.9. The van der Waals surface area contributed by atoms with Crippen molar-refractivity contribution in [2.45, 2.75) is 12.8 Å². The van der Waals surface area contributed by atoms with Gasteiger partial charge >= 0.3 is 0 Å². The average molecular weight is 316 g/mol. The summed E-state index contributed by atoms with van der Waals surface area (Å²) in [4.78, 5) is 0. The molecule has 2 nitrogen and oxygen atoms in total. The van der Waals surface area contributed by atoms with Crippen LogP contribution in [0.15, 0.2) is 103 Å². The lowest BCUT2D eigenvalue weighted by Gasteiger charge is -2.06. The van der Waals surface area contributed by atoms with Crippen LogP contribution >= 0.6 is 0 Å². The fourth-order valence-corrected chi connectivity index (χ4v) is 2.27. The Morgan fingerprint density at radius 3 is 2.29 bits per heavy atom. The van der Waals surface area contributed by atoms with Gasteiger partial charge in [-0.3, -0.25) is 5.84 Å². The second kappa shape index (κ2) is 10.0. The summed E-state index contributed by atoms with van der Waals surface area (Å²) < 4.78 is 0. The Balaban J connectivity index is 1.82. The van der Waals surface area contributed by atoms with Crippen LogP contribution in [0, 0.1) is 0 Å². The van der Waals surface area contributed by atoms with Gasteiger partial charge in [0, 0.05) is 0 Å². The molecule has 0 aliphatic rings. The van der Waals surface area contributed by atoms with Crippen LogP contribution in [0.25, 0.3) is 5.70 Å². The lowest BCUT2D eigenvalue weighted by Crippen LogP contribution is -2.19. The lowest BCUT2D eigenvalue weighted by molar-refractivity contribution is 0.984. The van der Waals surface area contributed by atoms with Crippen molar-refractivity contribution in [2.24, 2.45) is 5.84 Å². The lowest BCUT2D eigenvalue weighted by atomic mass is 10.1. The summed E-state index contributed by atoms with van der Waals surface area (Å²) in [5.41, 5.74) is 7.07. The molecule has 0 heterocycles. The smallest absolute Gasteiger partial charge is 0.0520 e. The Morgan fingerprint density at radius 2 is 1.62 bits per heavy atom. The number of hydrogen-bond donors (Lipinski definition) is 2. The molecule has 0 bridgehead atoms. The van der Waals surface area contributed by atoms with Crippen molar-refractivity contribution in [3.05, 3.63) is 114 Å². The molecule has 0 spiro atoms. The SMILES string of the molecule is C=C(/C=C\C=C/Cc1ccccc1)C/C=C(\NN)c1ccccc1. The standard InChI is InChI=1S/C22H24N2/c1-19(11-5-2-6-12-20-13-7-3-8-14-20)17-18-22(24-23)21-15-9-4-10-16-21/h2-11,13-16,18,24H,1,12,17,23H2/b6-2-,11-5-,22-18-. The Hall–Kier alpha value is -2.84. The van der Waals surface area contributed by atoms with Gasteiger partial charge in [-0.1, -0.05) is 103 Å². The van der Waals surface area contributed by atoms with Gasteiger partial charge in [0.1, 0.15) is 0 Å². The van der Waals surface area contributed by atoms with Crippen molar-refractivity contribution < 1.29 is 0 Å². The van der Waals surface area contributed by atoms with E-state index in [2.05, 4.69) is 54.5 Å². The molecule has 0 amide bonds. The van der Waals surface area contributed by atoms with Gasteiger partial charge in [0.15, 0.2) is 0 Å². The summed E-state index contributed by atoms with van der Waals surface area (Å²) in [6.07, 6.45) is 12.0. The Bertz CT molecular complexity index is 710. The summed E-state index contributed by atoms with van der Waals surface area (Å²) >= 11 is 0. The highest BCUT2D eigenvalue weighted by atomic mass is 15.2. The summed E-state index contributed by atoms with van der Waals surface area (Å²) in [7, 11) is 0. The van der Waals surface area contributed by atoms with Crippen molar-refractivity contribution >= 4 is 5.70 Å². The molecule has 2 aromatic rings. The number of hydrogen-bond acceptors (Lipinski definition) is 2. The minimum absolute atomic E-state index is 0.747. The molecule has 0 aliphatic heterocycles. The molecule has 2 rings (SSSR count). The molecule has 0 saturated carbocycles. The number of rotatable bonds is 8. The highest BCUT2D eigenvalue weighted by molar-refractivity contribution is 5.63. The van der Waals surface area contributed by atoms with E-state index in [1.54, 1.807) is 0 Å². The monoisotopic (exact) mass is 316 g/mol. The van der Waals surface area contributed by atoms with Crippen LogP contribution in [0.5, 0.6) is 0 Å². The summed E-state index contributed by atoms with van der Waals surface area (Å²) in [6.45, 7) is 4.08. The minimum atomic E-state index is 0.747. The Labute approximate surface area is 144 Å². The van der Waals surface area contributed by atoms with Crippen LogP contribution < -0.4 is 11.3 Å². The first-order valence-electron chi connectivity index (χ1n) is 8.06. The first kappa shape index (κ1) is 17.5. The molecular formula is C22H24N2. The Morgan fingerprint density at radius 1 is 0.958 bits per heavy atom. The predicted octanol–water partition coefficient (Wildman–Crippen LogP) is 4.79. The van der Waals surface area contributed by atoms with Gasteiger partial charge in [0.05, 0.1) is 5.70 Å². The molecule has 2 heteroatoms. The number of nitrogens with two attached hydrogens (primary N) is 1. The van der Waals surface area contributed by atoms with E-state index in [9.17, 15) is 0 Å². The van der Waals surface area contributed by atoms with E-state index in [-0.39, 0.29) is 0 Å². The molecule has 0 fully saturated rings. The van der Waals surface area contributed by atoms with Crippen LogP contribution in [-0.4, -0.2) is 0 Å². The number of nitrogens with one attached hydrogen (secondary N) is 1. The van der Waals surface area contributed by atoms with Crippen LogP contribution in [0.1, 0.15) is 17.5 Å². The van der Waals surface area contributed by atoms with Gasteiger partial charge < -0.3 is 5.43 Å². The van der Waals surface area contributed by atoms with Gasteiger partial charge in [-0.2, -0.15) is 0 Å². The second-order valence-electron chi connectivity index (χ2n) is 5.47. The normalized spacial score (nSPS) is 12.0. The number of hydrazine groups is 1. The van der Waals surface area contributed by atoms with Gasteiger partial charge in [-0.25, -0.2) is 0 Å². The summed E-state index contributed by atoms with van der Waals surface area (Å²) in [5, 5.41) is 0. The fraction of sp³-hybridized carbons (Fsp3) is 0.0909. The average Bonchev–Trinajstić information content (AvgIpc) is 2.64. The highest BCUT2D eigenvalue weighted by Gasteiger charge is 1.97. The fourth-order valence-electron chi connectivity index (χ4n) is 2.27. The van der Waals surface area contributed by atoms with E-state index in [0.29, 0.717) is 0 Å². The van der Waals surface area contributed by atoms with Crippen molar-refractivity contribution in [3.8, 4) is 0 Å². The molecule has 0 unspecified atom stereocenters. The van der Waals surface area contributed by atoms with Crippen molar-refractivity contribution in [3.63, 3.8) is 0 Å². The molecule has 0 aliphatic carbocycles. The van der Waals surface area contributed by atoms with Crippen LogP contribution in [-0.2, 0) is 6.42 Å². The third-order valence-electron chi connectivity index (χ3n) is 3.58. The molecule has 0 atom stereocenters. The van der Waals surface area contributed by atoms with Gasteiger partial charge in [0.25, 0.3) is 0 Å². The van der Waals surface area contributed by atoms with Crippen molar-refractivity contribution in [1.82, 2.24) is 5.43 Å². The third-order valence-corrected chi connectivity index (χ3v) is 3.58. The minimum Gasteiger partial charge on any atom is -0.324 e. The molecule has 24 heavy (non-hydrogen) atoms. The highest BCUT2D eigenvalue weighted by Crippen LogP contribution is 2.13. The van der Waals surface area contributed by atoms with E-state index in [0.717, 1.165) is 29.7 Å². The van der Waals surface area contributed by atoms with Crippen molar-refractivity contribution in [2.75, 3.05) is 0 Å². The number of benzene rings is 2. The maximum absolute atomic E-state index is 5.61. The quantitative estimate of drug-likeness (QED) is 0.417. The van der Waals surface area contributed by atoms with E-state index in [1.807, 2.05) is 48.6 Å². The topological polar surface area (TPSA) is 38.0 Å². The molecule has 122 valence electrons. The maximum atomic E-state index is 5.61. The largest absolute Gasteiger partial charge is 0.324 e. The van der Waals surface area contributed by atoms with Gasteiger partial charge in [-0.05, 0) is 24.0 Å².